The molecule has 1 atom stereocenters. The second kappa shape index (κ2) is 23.1. The van der Waals surface area contributed by atoms with E-state index in [1.807, 2.05) is 0 Å². The molecule has 0 N–H and O–H groups in total. The second-order valence-electron chi connectivity index (χ2n) is 23.1. The molecular formula is C66H76Cl2N2O2SiZr. The van der Waals surface area contributed by atoms with Gasteiger partial charge in [0.05, 0.1) is 11.2 Å². The van der Waals surface area contributed by atoms with Crippen LogP contribution in [0.5, 0.6) is 0 Å². The quantitative estimate of drug-likeness (QED) is 0.0487. The number of fused-ring (bicyclic) bond motifs is 8. The third kappa shape index (κ3) is 11.4. The van der Waals surface area contributed by atoms with Crippen LogP contribution in [0.15, 0.2) is 133 Å². The number of ether oxygens (including phenoxy) is 2. The number of para-hydroxylation sites is 2. The number of halogens is 2. The van der Waals surface area contributed by atoms with Gasteiger partial charge in [-0.15, -0.1) is 67.3 Å². The van der Waals surface area contributed by atoms with Gasteiger partial charge in [-0.3, -0.25) is 0 Å². The molecule has 0 aliphatic rings. The molecule has 0 saturated carbocycles. The van der Waals surface area contributed by atoms with Gasteiger partial charge in [0.2, 0.25) is 0 Å². The average Bonchev–Trinajstić information content (AvgIpc) is 4.10. The topological polar surface area (TPSA) is 28.3 Å². The van der Waals surface area contributed by atoms with Crippen molar-refractivity contribution in [3.05, 3.63) is 145 Å². The van der Waals surface area contributed by atoms with Crippen molar-refractivity contribution in [2.24, 2.45) is 7.05 Å². The molecule has 10 aromatic rings. The molecule has 1 unspecified atom stereocenters. The van der Waals surface area contributed by atoms with Crippen molar-refractivity contribution in [1.29, 1.82) is 0 Å². The van der Waals surface area contributed by atoms with Crippen LogP contribution in [0.3, 0.4) is 0 Å². The van der Waals surface area contributed by atoms with E-state index in [0.717, 1.165) is 39.0 Å². The van der Waals surface area contributed by atoms with E-state index < -0.39 is 28.9 Å². The van der Waals surface area contributed by atoms with Crippen LogP contribution in [-0.2, 0) is 43.9 Å². The Labute approximate surface area is 460 Å². The van der Waals surface area contributed by atoms with E-state index in [9.17, 15) is 0 Å². The molecular weight excluding hydrogens is 1040 g/mol. The molecule has 2 heterocycles. The second-order valence-corrected chi connectivity index (χ2v) is 30.9. The average molecular weight is 1120 g/mol. The van der Waals surface area contributed by atoms with Gasteiger partial charge in [-0.25, -0.2) is 0 Å². The van der Waals surface area contributed by atoms with Crippen LogP contribution < -0.4 is 10.4 Å². The summed E-state index contributed by atoms with van der Waals surface area (Å²) in [6.45, 7) is 23.1. The summed E-state index contributed by atoms with van der Waals surface area (Å²) in [4.78, 5) is 0. The summed E-state index contributed by atoms with van der Waals surface area (Å²) in [5, 5.41) is 14.2. The molecule has 0 aliphatic carbocycles. The summed E-state index contributed by atoms with van der Waals surface area (Å²) in [5.74, 6) is 0. The molecule has 0 spiro atoms. The molecule has 2 aromatic heterocycles. The van der Waals surface area contributed by atoms with Gasteiger partial charge in [0.25, 0.3) is 0 Å². The van der Waals surface area contributed by atoms with Crippen molar-refractivity contribution in [3.63, 3.8) is 0 Å². The van der Waals surface area contributed by atoms with Crippen LogP contribution in [-0.4, -0.2) is 41.6 Å². The van der Waals surface area contributed by atoms with Gasteiger partial charge in [-0.2, -0.15) is 12.1 Å². The first-order chi connectivity index (χ1) is 35.5. The van der Waals surface area contributed by atoms with Crippen molar-refractivity contribution >= 4 is 101 Å². The summed E-state index contributed by atoms with van der Waals surface area (Å²) >= 11 is -0.826. The van der Waals surface area contributed by atoms with E-state index in [1.165, 1.54) is 137 Å². The predicted octanol–water partition coefficient (Wildman–Crippen LogP) is 18.5. The Morgan fingerprint density at radius 1 is 0.486 bits per heavy atom. The number of aryl methyl sites for hydroxylation is 4. The minimum atomic E-state index is -2.39. The van der Waals surface area contributed by atoms with Gasteiger partial charge in [0.1, 0.15) is 0 Å². The molecule has 8 aromatic carbocycles. The van der Waals surface area contributed by atoms with E-state index >= 15 is 0 Å². The zero-order valence-electron chi connectivity index (χ0n) is 45.7. The normalized spacial score (nSPS) is 13.1. The molecule has 10 rings (SSSR count). The van der Waals surface area contributed by atoms with Crippen LogP contribution >= 0.6 is 17.0 Å². The fraction of sp³-hybridized carbons (Fsp3) is 0.364. The van der Waals surface area contributed by atoms with Crippen molar-refractivity contribution in [3.8, 4) is 22.3 Å². The molecule has 0 radical (unpaired) electrons. The Bertz CT molecular complexity index is 3560. The Morgan fingerprint density at radius 3 is 1.46 bits per heavy atom. The minimum absolute atomic E-state index is 0.0679. The van der Waals surface area contributed by atoms with Gasteiger partial charge < -0.3 is 18.6 Å². The van der Waals surface area contributed by atoms with Crippen LogP contribution in [0.25, 0.3) is 87.4 Å². The fourth-order valence-corrected chi connectivity index (χ4v) is 17.7. The molecule has 8 heteroatoms. The van der Waals surface area contributed by atoms with Gasteiger partial charge in [0.15, 0.2) is 0 Å². The number of hydrogen-bond donors (Lipinski definition) is 0. The van der Waals surface area contributed by atoms with E-state index in [2.05, 4.69) is 212 Å². The maximum absolute atomic E-state index is 6.15. The van der Waals surface area contributed by atoms with Gasteiger partial charge in [-0.05, 0) is 108 Å². The van der Waals surface area contributed by atoms with Crippen LogP contribution in [0.1, 0.15) is 104 Å². The zero-order valence-corrected chi connectivity index (χ0v) is 50.6. The summed E-state index contributed by atoms with van der Waals surface area (Å²) in [6, 6.07) is 52.8. The first-order valence-corrected chi connectivity index (χ1v) is 36.2. The summed E-state index contributed by atoms with van der Waals surface area (Å²) in [5.41, 5.74) is 13.2. The molecule has 0 fully saturated rings. The number of aromatic nitrogens is 2. The number of nitrogens with zero attached hydrogens (tertiary/aromatic N) is 2. The van der Waals surface area contributed by atoms with Gasteiger partial charge in [0, 0.05) is 78.5 Å². The summed E-state index contributed by atoms with van der Waals surface area (Å²) in [7, 11) is 9.67. The van der Waals surface area contributed by atoms with Crippen molar-refractivity contribution in [1.82, 2.24) is 9.13 Å². The van der Waals surface area contributed by atoms with E-state index in [1.54, 1.807) is 10.4 Å². The van der Waals surface area contributed by atoms with Gasteiger partial charge in [-0.1, -0.05) is 130 Å². The summed E-state index contributed by atoms with van der Waals surface area (Å²) in [6.07, 6.45) is 9.41. The summed E-state index contributed by atoms with van der Waals surface area (Å²) < 4.78 is 17.1. The molecule has 4 nitrogen and oxygen atoms in total. The van der Waals surface area contributed by atoms with Crippen LogP contribution in [0.2, 0.25) is 12.6 Å². The molecule has 0 saturated heterocycles. The molecule has 0 bridgehead atoms. The Kier molecular flexibility index (Phi) is 17.1. The number of rotatable bonds is 18. The third-order valence-electron chi connectivity index (χ3n) is 15.6. The monoisotopic (exact) mass is 1120 g/mol. The van der Waals surface area contributed by atoms with E-state index in [4.69, 9.17) is 26.5 Å². The van der Waals surface area contributed by atoms with Crippen molar-refractivity contribution in [2.45, 2.75) is 137 Å². The number of unbranched alkanes of at least 4 members (excludes halogenated alkanes) is 6. The molecule has 384 valence electrons. The van der Waals surface area contributed by atoms with Crippen molar-refractivity contribution in [2.75, 3.05) is 13.2 Å². The van der Waals surface area contributed by atoms with Crippen molar-refractivity contribution < 1.29 is 30.3 Å². The van der Waals surface area contributed by atoms with Gasteiger partial charge >= 0.3 is 37.9 Å². The SMILES string of the molecule is Cc1cc2c(-c3ccc4c(c3)c3ccccc3n4C)cccc2[c-]1[Si](C)(CCCCCCOC(C)(C)C)[c-]1c(C)cc2c(-c3ccc4c(c3)c3ccccc3n4CCCCCCOC(C)(C)C)cccc21.[Cl][Zr+2][Cl]. The van der Waals surface area contributed by atoms with E-state index in [-0.39, 0.29) is 11.2 Å². The number of hydrogen-bond acceptors (Lipinski definition) is 2. The standard InChI is InChI=1S/C66H76N2O2Si.2ClH.Zr/c1-45-41-55-49(47-33-35-60-57(43-47)51-25-15-17-31-59(51)67(60)9)27-23-29-53(55)63(45)71(10,40-22-14-13-21-39-70-66(6,7)8)64-46(2)42-56-50(28-24-30-54(56)64)48-34-36-62-58(44-48)52-26-16-18-32-61(52)68(62)37-19-11-12-20-38-69-65(3,4)5;;;/h15-18,23-36,41-44H,11-14,19-22,37-40H2,1-10H3;2*1H;/q-2;;;+4/p-2. The Hall–Kier alpha value is -4.26. The van der Waals surface area contributed by atoms with E-state index in [0.29, 0.717) is 0 Å². The first kappa shape index (κ1) is 54.5. The maximum atomic E-state index is 6.15. The predicted molar refractivity (Wildman–Crippen MR) is 322 cm³/mol. The van der Waals surface area contributed by atoms with Crippen LogP contribution in [0.4, 0.5) is 0 Å². The fourth-order valence-electron chi connectivity index (χ4n) is 12.4. The molecule has 0 aliphatic heterocycles. The third-order valence-corrected chi connectivity index (χ3v) is 20.5. The Balaban J connectivity index is 0.00000219. The zero-order chi connectivity index (χ0) is 52.4. The Morgan fingerprint density at radius 2 is 0.919 bits per heavy atom. The molecule has 74 heavy (non-hydrogen) atoms. The first-order valence-electron chi connectivity index (χ1n) is 27.1. The molecule has 0 amide bonds. The number of benzene rings is 6. The van der Waals surface area contributed by atoms with Crippen LogP contribution in [0, 0.1) is 13.8 Å².